The Hall–Kier alpha value is -1.38. The molecular weight excluding hydrogens is 696 g/mol. The Morgan fingerprint density at radius 1 is 0.259 bits per heavy atom. The van der Waals surface area contributed by atoms with Gasteiger partial charge < -0.3 is 47.4 Å². The fourth-order valence-electron chi connectivity index (χ4n) is 5.37. The predicted molar refractivity (Wildman–Crippen MR) is 212 cm³/mol. The molecule has 0 aliphatic carbocycles. The zero-order valence-electron chi connectivity index (χ0n) is 34.8. The second-order valence-corrected chi connectivity index (χ2v) is 13.5. The van der Waals surface area contributed by atoms with Crippen LogP contribution in [0.3, 0.4) is 0 Å². The van der Waals surface area contributed by atoms with E-state index in [-0.39, 0.29) is 25.2 Å². The highest BCUT2D eigenvalue weighted by Gasteiger charge is 2.04. The molecule has 0 rings (SSSR count). The Balaban J connectivity index is 3.16. The van der Waals surface area contributed by atoms with E-state index in [4.69, 9.17) is 47.4 Å². The topological polar surface area (TPSA) is 126 Å². The molecule has 0 unspecified atom stereocenters. The monoisotopic (exact) mass is 779 g/mol. The molecule has 0 aromatic carbocycles. The number of esters is 2. The molecule has 0 spiro atoms. The number of hydrogen-bond donors (Lipinski definition) is 0. The number of carbonyl (C=O) groups is 2. The van der Waals surface area contributed by atoms with Crippen LogP contribution in [-0.2, 0) is 57.0 Å². The molecule has 0 saturated carbocycles. The molecule has 0 saturated heterocycles. The molecule has 0 N–H and O–H groups in total. The van der Waals surface area contributed by atoms with E-state index in [1.807, 2.05) is 0 Å². The van der Waals surface area contributed by atoms with Crippen LogP contribution in [0.4, 0.5) is 0 Å². The minimum Gasteiger partial charge on any atom is -0.463 e. The number of rotatable bonds is 47. The summed E-state index contributed by atoms with van der Waals surface area (Å²) in [6, 6.07) is 0. The van der Waals surface area contributed by atoms with E-state index < -0.39 is 0 Å². The van der Waals surface area contributed by atoms with E-state index >= 15 is 0 Å². The fraction of sp³-hybridized carbons (Fsp3) is 0.952. The Kier molecular flexibility index (Phi) is 46.5. The summed E-state index contributed by atoms with van der Waals surface area (Å²) < 4.78 is 54.3. The van der Waals surface area contributed by atoms with E-state index in [1.165, 1.54) is 89.9 Å². The summed E-state index contributed by atoms with van der Waals surface area (Å²) in [5.74, 6) is -0.275. The van der Waals surface area contributed by atoms with Crippen molar-refractivity contribution in [3.8, 4) is 0 Å². The van der Waals surface area contributed by atoms with Crippen molar-refractivity contribution < 1.29 is 57.0 Å². The lowest BCUT2D eigenvalue weighted by Crippen LogP contribution is -2.15. The minimum absolute atomic E-state index is 0.138. The predicted octanol–water partition coefficient (Wildman–Crippen LogP) is 8.05. The molecule has 0 aromatic rings. The zero-order chi connectivity index (χ0) is 39.1. The van der Waals surface area contributed by atoms with Crippen LogP contribution < -0.4 is 0 Å². The molecular formula is C42H82O12. The van der Waals surface area contributed by atoms with E-state index in [2.05, 4.69) is 13.8 Å². The van der Waals surface area contributed by atoms with E-state index in [0.717, 1.165) is 25.7 Å². The van der Waals surface area contributed by atoms with Gasteiger partial charge in [0.2, 0.25) is 0 Å². The number of ether oxygens (including phenoxy) is 10. The summed E-state index contributed by atoms with van der Waals surface area (Å²) >= 11 is 0. The molecule has 0 atom stereocenters. The molecule has 0 heterocycles. The summed E-state index contributed by atoms with van der Waals surface area (Å²) in [5.41, 5.74) is 0. The van der Waals surface area contributed by atoms with Gasteiger partial charge in [-0.1, -0.05) is 117 Å². The fourth-order valence-corrected chi connectivity index (χ4v) is 5.37. The molecule has 0 bridgehead atoms. The third-order valence-electron chi connectivity index (χ3n) is 8.55. The highest BCUT2D eigenvalue weighted by atomic mass is 16.6. The zero-order valence-corrected chi connectivity index (χ0v) is 34.8. The molecule has 0 aliphatic rings. The van der Waals surface area contributed by atoms with Gasteiger partial charge in [-0.25, -0.2) is 0 Å². The second-order valence-electron chi connectivity index (χ2n) is 13.5. The SMILES string of the molecule is CCCCCCCCCCCC(=O)OCCOCCOCCOCCOCCOCCOCCOCCOCCOC(=O)CCCCCCCCCCC. The standard InChI is InChI=1S/C42H82O12/c1-3-5-7-9-11-13-15-17-19-21-41(43)53-39-37-51-35-33-49-31-29-47-27-25-45-23-24-46-26-28-48-30-32-50-34-36-52-38-40-54-42(44)22-20-18-16-14-12-10-8-6-4-2/h3-40H2,1-2H3. The lowest BCUT2D eigenvalue weighted by atomic mass is 10.1. The van der Waals surface area contributed by atoms with Gasteiger partial charge in [-0.05, 0) is 12.8 Å². The highest BCUT2D eigenvalue weighted by Crippen LogP contribution is 2.12. The molecule has 54 heavy (non-hydrogen) atoms. The van der Waals surface area contributed by atoms with E-state index in [0.29, 0.717) is 119 Å². The Morgan fingerprint density at radius 2 is 0.444 bits per heavy atom. The van der Waals surface area contributed by atoms with Gasteiger partial charge in [-0.3, -0.25) is 9.59 Å². The maximum Gasteiger partial charge on any atom is 0.305 e. The molecule has 12 heteroatoms. The summed E-state index contributed by atoms with van der Waals surface area (Å²) in [6.07, 6.45) is 23.2. The van der Waals surface area contributed by atoms with Gasteiger partial charge in [-0.2, -0.15) is 0 Å². The maximum atomic E-state index is 11.8. The van der Waals surface area contributed by atoms with Crippen molar-refractivity contribution in [2.45, 2.75) is 142 Å². The van der Waals surface area contributed by atoms with Crippen LogP contribution in [0.1, 0.15) is 142 Å². The van der Waals surface area contributed by atoms with Crippen molar-refractivity contribution in [2.75, 3.05) is 119 Å². The lowest BCUT2D eigenvalue weighted by molar-refractivity contribution is -0.146. The van der Waals surface area contributed by atoms with Crippen molar-refractivity contribution in [3.05, 3.63) is 0 Å². The molecule has 0 radical (unpaired) electrons. The number of hydrogen-bond acceptors (Lipinski definition) is 12. The molecule has 0 fully saturated rings. The van der Waals surface area contributed by atoms with Gasteiger partial charge >= 0.3 is 11.9 Å². The summed E-state index contributed by atoms with van der Waals surface area (Å²) in [6.45, 7) is 12.5. The van der Waals surface area contributed by atoms with Crippen LogP contribution in [0.15, 0.2) is 0 Å². The third kappa shape index (κ3) is 46.8. The molecule has 0 aliphatic heterocycles. The number of carbonyl (C=O) groups excluding carboxylic acids is 2. The van der Waals surface area contributed by atoms with Crippen LogP contribution >= 0.6 is 0 Å². The third-order valence-corrected chi connectivity index (χ3v) is 8.55. The maximum absolute atomic E-state index is 11.8. The van der Waals surface area contributed by atoms with Crippen molar-refractivity contribution in [2.24, 2.45) is 0 Å². The van der Waals surface area contributed by atoms with Crippen molar-refractivity contribution in [1.82, 2.24) is 0 Å². The molecule has 0 amide bonds. The second kappa shape index (κ2) is 47.8. The quantitative estimate of drug-likeness (QED) is 0.0438. The summed E-state index contributed by atoms with van der Waals surface area (Å²) in [7, 11) is 0. The Bertz CT molecular complexity index is 682. The smallest absolute Gasteiger partial charge is 0.305 e. The lowest BCUT2D eigenvalue weighted by Gasteiger charge is -2.09. The summed E-state index contributed by atoms with van der Waals surface area (Å²) in [5, 5.41) is 0. The molecule has 322 valence electrons. The average molecular weight is 779 g/mol. The van der Waals surface area contributed by atoms with Gasteiger partial charge in [0.1, 0.15) is 13.2 Å². The van der Waals surface area contributed by atoms with Crippen LogP contribution in [0.25, 0.3) is 0 Å². The van der Waals surface area contributed by atoms with Gasteiger partial charge in [0.15, 0.2) is 0 Å². The summed E-state index contributed by atoms with van der Waals surface area (Å²) in [4.78, 5) is 23.6. The van der Waals surface area contributed by atoms with E-state index in [1.54, 1.807) is 0 Å². The van der Waals surface area contributed by atoms with Crippen LogP contribution in [-0.4, -0.2) is 131 Å². The highest BCUT2D eigenvalue weighted by molar-refractivity contribution is 5.69. The van der Waals surface area contributed by atoms with Gasteiger partial charge in [0.05, 0.1) is 106 Å². The van der Waals surface area contributed by atoms with Crippen LogP contribution in [0.5, 0.6) is 0 Å². The molecule has 0 aromatic heterocycles. The average Bonchev–Trinajstić information content (AvgIpc) is 3.17. The van der Waals surface area contributed by atoms with Crippen molar-refractivity contribution in [3.63, 3.8) is 0 Å². The van der Waals surface area contributed by atoms with Gasteiger partial charge in [-0.15, -0.1) is 0 Å². The van der Waals surface area contributed by atoms with Crippen LogP contribution in [0.2, 0.25) is 0 Å². The number of unbranched alkanes of at least 4 members (excludes halogenated alkanes) is 16. The minimum atomic E-state index is -0.138. The molecule has 12 nitrogen and oxygen atoms in total. The normalized spacial score (nSPS) is 11.4. The first-order valence-electron chi connectivity index (χ1n) is 21.6. The Labute approximate surface area is 329 Å². The first kappa shape index (κ1) is 52.6. The largest absolute Gasteiger partial charge is 0.463 e. The first-order chi connectivity index (χ1) is 26.7. The van der Waals surface area contributed by atoms with Crippen molar-refractivity contribution in [1.29, 1.82) is 0 Å². The van der Waals surface area contributed by atoms with Gasteiger partial charge in [0, 0.05) is 12.8 Å². The first-order valence-corrected chi connectivity index (χ1v) is 21.6. The Morgan fingerprint density at radius 3 is 0.667 bits per heavy atom. The van der Waals surface area contributed by atoms with E-state index in [9.17, 15) is 9.59 Å². The van der Waals surface area contributed by atoms with Crippen molar-refractivity contribution >= 4 is 11.9 Å². The van der Waals surface area contributed by atoms with Crippen LogP contribution in [0, 0.1) is 0 Å². The van der Waals surface area contributed by atoms with Gasteiger partial charge in [0.25, 0.3) is 0 Å².